The van der Waals surface area contributed by atoms with E-state index in [1.165, 1.54) is 4.90 Å². The van der Waals surface area contributed by atoms with E-state index in [-0.39, 0.29) is 24.3 Å². The zero-order chi connectivity index (χ0) is 18.5. The summed E-state index contributed by atoms with van der Waals surface area (Å²) in [7, 11) is 1.84. The summed E-state index contributed by atoms with van der Waals surface area (Å²) >= 11 is 0. The molecule has 1 aliphatic heterocycles. The highest BCUT2D eigenvalue weighted by Gasteiger charge is 2.34. The SMILES string of the molecule is CN(CCCN1C(=O)c2ccccc2C1=O)CC(=O)Nc1ccccc1. The first-order valence-electron chi connectivity index (χ1n) is 8.55. The Morgan fingerprint density at radius 2 is 1.54 bits per heavy atom. The molecule has 0 aliphatic carbocycles. The van der Waals surface area contributed by atoms with Gasteiger partial charge in [0.2, 0.25) is 5.91 Å². The molecule has 6 heteroatoms. The van der Waals surface area contributed by atoms with E-state index in [4.69, 9.17) is 0 Å². The molecule has 0 fully saturated rings. The Morgan fingerprint density at radius 3 is 2.15 bits per heavy atom. The monoisotopic (exact) mass is 351 g/mol. The average Bonchev–Trinajstić information content (AvgIpc) is 2.87. The van der Waals surface area contributed by atoms with E-state index in [1.54, 1.807) is 24.3 Å². The van der Waals surface area contributed by atoms with Gasteiger partial charge >= 0.3 is 0 Å². The number of carbonyl (C=O) groups excluding carboxylic acids is 3. The molecule has 0 unspecified atom stereocenters. The number of benzene rings is 2. The van der Waals surface area contributed by atoms with Gasteiger partial charge in [-0.3, -0.25) is 24.2 Å². The molecule has 0 atom stereocenters. The van der Waals surface area contributed by atoms with Gasteiger partial charge in [-0.25, -0.2) is 0 Å². The van der Waals surface area contributed by atoms with Crippen LogP contribution in [0.2, 0.25) is 0 Å². The molecule has 0 aromatic heterocycles. The predicted molar refractivity (Wildman–Crippen MR) is 99.0 cm³/mol. The van der Waals surface area contributed by atoms with Gasteiger partial charge in [-0.2, -0.15) is 0 Å². The fourth-order valence-electron chi connectivity index (χ4n) is 2.99. The van der Waals surface area contributed by atoms with Crippen molar-refractivity contribution >= 4 is 23.4 Å². The van der Waals surface area contributed by atoms with Crippen molar-refractivity contribution in [3.8, 4) is 0 Å². The van der Waals surface area contributed by atoms with Crippen molar-refractivity contribution in [3.63, 3.8) is 0 Å². The number of nitrogens with zero attached hydrogens (tertiary/aromatic N) is 2. The molecule has 3 amide bonds. The maximum atomic E-state index is 12.3. The van der Waals surface area contributed by atoms with Gasteiger partial charge in [0.15, 0.2) is 0 Å². The highest BCUT2D eigenvalue weighted by atomic mass is 16.2. The summed E-state index contributed by atoms with van der Waals surface area (Å²) in [5, 5.41) is 2.83. The van der Waals surface area contributed by atoms with E-state index in [2.05, 4.69) is 5.32 Å². The van der Waals surface area contributed by atoms with E-state index in [1.807, 2.05) is 42.3 Å². The standard InChI is InChI=1S/C20H21N3O3/c1-22(14-18(24)21-15-8-3-2-4-9-15)12-7-13-23-19(25)16-10-5-6-11-17(16)20(23)26/h2-6,8-11H,7,12-14H2,1H3,(H,21,24). The van der Waals surface area contributed by atoms with Gasteiger partial charge in [0.25, 0.3) is 11.8 Å². The number of hydrogen-bond donors (Lipinski definition) is 1. The lowest BCUT2D eigenvalue weighted by Gasteiger charge is -2.18. The molecule has 6 nitrogen and oxygen atoms in total. The van der Waals surface area contributed by atoms with Crippen LogP contribution in [0.15, 0.2) is 54.6 Å². The molecule has 134 valence electrons. The minimum absolute atomic E-state index is 0.0977. The predicted octanol–water partition coefficient (Wildman–Crippen LogP) is 2.24. The number of rotatable bonds is 7. The number of hydrogen-bond acceptors (Lipinski definition) is 4. The Balaban J connectivity index is 1.44. The van der Waals surface area contributed by atoms with Crippen molar-refractivity contribution in [2.75, 3.05) is 32.0 Å². The average molecular weight is 351 g/mol. The number of nitrogens with one attached hydrogen (secondary N) is 1. The molecule has 1 heterocycles. The number of para-hydroxylation sites is 1. The third-order valence-corrected chi connectivity index (χ3v) is 4.27. The molecule has 0 saturated heterocycles. The molecule has 0 spiro atoms. The summed E-state index contributed by atoms with van der Waals surface area (Å²) in [4.78, 5) is 39.8. The summed E-state index contributed by atoms with van der Waals surface area (Å²) < 4.78 is 0. The Bertz CT molecular complexity index is 785. The van der Waals surface area contributed by atoms with Gasteiger partial charge in [0.05, 0.1) is 17.7 Å². The number of likely N-dealkylation sites (N-methyl/N-ethyl adjacent to an activating group) is 1. The first kappa shape index (κ1) is 17.8. The zero-order valence-electron chi connectivity index (χ0n) is 14.6. The first-order valence-corrected chi connectivity index (χ1v) is 8.55. The molecule has 1 N–H and O–H groups in total. The Morgan fingerprint density at radius 1 is 0.962 bits per heavy atom. The van der Waals surface area contributed by atoms with Gasteiger partial charge in [-0.15, -0.1) is 0 Å². The van der Waals surface area contributed by atoms with Crippen molar-refractivity contribution in [1.29, 1.82) is 0 Å². The van der Waals surface area contributed by atoms with E-state index in [0.29, 0.717) is 30.6 Å². The zero-order valence-corrected chi connectivity index (χ0v) is 14.6. The van der Waals surface area contributed by atoms with Crippen LogP contribution in [0.25, 0.3) is 0 Å². The van der Waals surface area contributed by atoms with E-state index in [9.17, 15) is 14.4 Å². The van der Waals surface area contributed by atoms with Crippen LogP contribution in [0.4, 0.5) is 5.69 Å². The van der Waals surface area contributed by atoms with E-state index in [0.717, 1.165) is 5.69 Å². The number of fused-ring (bicyclic) bond motifs is 1. The number of amides is 3. The van der Waals surface area contributed by atoms with Crippen LogP contribution in [0.5, 0.6) is 0 Å². The smallest absolute Gasteiger partial charge is 0.261 e. The highest BCUT2D eigenvalue weighted by molar-refractivity contribution is 6.21. The van der Waals surface area contributed by atoms with Crippen LogP contribution in [0.3, 0.4) is 0 Å². The largest absolute Gasteiger partial charge is 0.325 e. The van der Waals surface area contributed by atoms with Gasteiger partial charge in [0.1, 0.15) is 0 Å². The fraction of sp³-hybridized carbons (Fsp3) is 0.250. The van der Waals surface area contributed by atoms with Crippen LogP contribution < -0.4 is 5.32 Å². The maximum absolute atomic E-state index is 12.3. The first-order chi connectivity index (χ1) is 12.6. The molecule has 0 saturated carbocycles. The van der Waals surface area contributed by atoms with Crippen molar-refractivity contribution in [1.82, 2.24) is 9.80 Å². The maximum Gasteiger partial charge on any atom is 0.261 e. The van der Waals surface area contributed by atoms with Gasteiger partial charge in [-0.1, -0.05) is 30.3 Å². The van der Waals surface area contributed by atoms with Crippen molar-refractivity contribution < 1.29 is 14.4 Å². The number of imide groups is 1. The summed E-state index contributed by atoms with van der Waals surface area (Å²) in [5.74, 6) is -0.579. The molecule has 2 aromatic carbocycles. The van der Waals surface area contributed by atoms with Crippen molar-refractivity contribution in [2.45, 2.75) is 6.42 Å². The lowest BCUT2D eigenvalue weighted by molar-refractivity contribution is -0.117. The summed E-state index contributed by atoms with van der Waals surface area (Å²) in [5.41, 5.74) is 1.69. The van der Waals surface area contributed by atoms with Gasteiger partial charge < -0.3 is 5.32 Å². The highest BCUT2D eigenvalue weighted by Crippen LogP contribution is 2.22. The molecule has 3 rings (SSSR count). The molecule has 26 heavy (non-hydrogen) atoms. The number of carbonyl (C=O) groups is 3. The summed E-state index contributed by atoms with van der Waals surface area (Å²) in [6, 6.07) is 16.1. The second kappa shape index (κ2) is 7.93. The summed E-state index contributed by atoms with van der Waals surface area (Å²) in [6.07, 6.45) is 0.612. The third kappa shape index (κ3) is 3.97. The van der Waals surface area contributed by atoms with Crippen LogP contribution >= 0.6 is 0 Å². The van der Waals surface area contributed by atoms with Crippen molar-refractivity contribution in [3.05, 3.63) is 65.7 Å². The Kier molecular flexibility index (Phi) is 5.43. The topological polar surface area (TPSA) is 69.7 Å². The second-order valence-electron chi connectivity index (χ2n) is 6.31. The van der Waals surface area contributed by atoms with Crippen LogP contribution in [-0.2, 0) is 4.79 Å². The molecule has 2 aromatic rings. The van der Waals surface area contributed by atoms with Gasteiger partial charge in [0, 0.05) is 18.8 Å². The molecular weight excluding hydrogens is 330 g/mol. The Hall–Kier alpha value is -2.99. The molecule has 0 bridgehead atoms. The van der Waals surface area contributed by atoms with Gasteiger partial charge in [-0.05, 0) is 37.7 Å². The third-order valence-electron chi connectivity index (χ3n) is 4.27. The Labute approximate surface area is 152 Å². The fourth-order valence-corrected chi connectivity index (χ4v) is 2.99. The second-order valence-corrected chi connectivity index (χ2v) is 6.31. The molecule has 0 radical (unpaired) electrons. The number of anilines is 1. The van der Waals surface area contributed by atoms with Crippen LogP contribution in [0, 0.1) is 0 Å². The van der Waals surface area contributed by atoms with E-state index < -0.39 is 0 Å². The quantitative estimate of drug-likeness (QED) is 0.777. The van der Waals surface area contributed by atoms with Crippen molar-refractivity contribution in [2.24, 2.45) is 0 Å². The molecular formula is C20H21N3O3. The normalized spacial score (nSPS) is 13.2. The minimum Gasteiger partial charge on any atom is -0.325 e. The molecule has 1 aliphatic rings. The van der Waals surface area contributed by atoms with E-state index >= 15 is 0 Å². The lowest BCUT2D eigenvalue weighted by Crippen LogP contribution is -2.35. The van der Waals surface area contributed by atoms with Crippen LogP contribution in [-0.4, -0.2) is 54.2 Å². The van der Waals surface area contributed by atoms with Crippen LogP contribution in [0.1, 0.15) is 27.1 Å². The minimum atomic E-state index is -0.241. The lowest BCUT2D eigenvalue weighted by atomic mass is 10.1. The summed E-state index contributed by atoms with van der Waals surface area (Å²) in [6.45, 7) is 1.20.